The van der Waals surface area contributed by atoms with E-state index in [-0.39, 0.29) is 17.7 Å². The van der Waals surface area contributed by atoms with E-state index in [1.165, 1.54) is 0 Å². The number of nitrogens with zero attached hydrogens (tertiary/aromatic N) is 2. The van der Waals surface area contributed by atoms with Gasteiger partial charge in [-0.1, -0.05) is 24.6 Å². The van der Waals surface area contributed by atoms with Crippen molar-refractivity contribution in [3.05, 3.63) is 58.6 Å². The Hall–Kier alpha value is -2.37. The minimum Gasteiger partial charge on any atom is -0.369 e. The minimum absolute atomic E-state index is 0.0422. The van der Waals surface area contributed by atoms with E-state index >= 15 is 0 Å². The number of ketones is 1. The number of Topliss-reactive ketones (excluding diaryl/α,β-unsaturated/α-hetero) is 1. The first-order valence-electron chi connectivity index (χ1n) is 10.3. The highest BCUT2D eigenvalue weighted by Gasteiger charge is 2.29. The predicted molar refractivity (Wildman–Crippen MR) is 117 cm³/mol. The fourth-order valence-corrected chi connectivity index (χ4v) is 4.49. The molecule has 29 heavy (non-hydrogen) atoms. The maximum absolute atomic E-state index is 13.3. The second kappa shape index (κ2) is 8.56. The Morgan fingerprint density at radius 3 is 2.62 bits per heavy atom. The summed E-state index contributed by atoms with van der Waals surface area (Å²) in [5.74, 6) is 0.212. The monoisotopic (exact) mass is 411 g/mol. The molecule has 0 saturated carbocycles. The van der Waals surface area contributed by atoms with Gasteiger partial charge in [-0.15, -0.1) is 0 Å². The van der Waals surface area contributed by atoms with Crippen LogP contribution in [-0.4, -0.2) is 48.8 Å². The Balaban J connectivity index is 1.44. The van der Waals surface area contributed by atoms with Gasteiger partial charge in [-0.2, -0.15) is 0 Å². The number of aryl methyl sites for hydroxylation is 1. The zero-order valence-corrected chi connectivity index (χ0v) is 17.4. The molecule has 6 heteroatoms. The number of piperazine rings is 1. The first-order chi connectivity index (χ1) is 14.0. The third-order valence-electron chi connectivity index (χ3n) is 5.90. The van der Waals surface area contributed by atoms with Crippen molar-refractivity contribution < 1.29 is 9.59 Å². The molecule has 2 aromatic carbocycles. The Bertz CT molecular complexity index is 922. The van der Waals surface area contributed by atoms with Gasteiger partial charge in [0.2, 0.25) is 5.91 Å². The molecule has 0 aliphatic carbocycles. The summed E-state index contributed by atoms with van der Waals surface area (Å²) in [6.07, 6.45) is 1.95. The molecule has 1 fully saturated rings. The van der Waals surface area contributed by atoms with Crippen LogP contribution >= 0.6 is 11.6 Å². The van der Waals surface area contributed by atoms with Crippen LogP contribution in [0.4, 0.5) is 11.4 Å². The van der Waals surface area contributed by atoms with Crippen molar-refractivity contribution in [2.75, 3.05) is 36.4 Å². The molecular weight excluding hydrogens is 386 g/mol. The van der Waals surface area contributed by atoms with Gasteiger partial charge in [0, 0.05) is 54.6 Å². The molecule has 2 aromatic rings. The van der Waals surface area contributed by atoms with Crippen molar-refractivity contribution in [2.45, 2.75) is 32.2 Å². The average Bonchev–Trinajstić information content (AvgIpc) is 2.74. The third-order valence-corrected chi connectivity index (χ3v) is 6.14. The van der Waals surface area contributed by atoms with Crippen molar-refractivity contribution >= 4 is 34.7 Å². The van der Waals surface area contributed by atoms with Crippen LogP contribution < -0.4 is 10.2 Å². The normalized spacial score (nSPS) is 18.1. The highest BCUT2D eigenvalue weighted by atomic mass is 35.5. The lowest BCUT2D eigenvalue weighted by Crippen LogP contribution is -2.52. The van der Waals surface area contributed by atoms with E-state index in [2.05, 4.69) is 28.1 Å². The lowest BCUT2D eigenvalue weighted by Gasteiger charge is -2.39. The van der Waals surface area contributed by atoms with Gasteiger partial charge in [0.15, 0.2) is 5.78 Å². The second-order valence-corrected chi connectivity index (χ2v) is 8.15. The predicted octanol–water partition coefficient (Wildman–Crippen LogP) is 4.01. The van der Waals surface area contributed by atoms with Crippen molar-refractivity contribution in [3.63, 3.8) is 0 Å². The molecule has 2 aliphatic rings. The SMILES string of the molecule is CCC(C(=O)c1ccc2c(c1)CCC(=O)N2)N1CCN(c2cccc(Cl)c2)CC1. The molecule has 2 heterocycles. The zero-order chi connectivity index (χ0) is 20.4. The molecular formula is C23H26ClN3O2. The highest BCUT2D eigenvalue weighted by molar-refractivity contribution is 6.30. The van der Waals surface area contributed by atoms with E-state index in [4.69, 9.17) is 11.6 Å². The molecule has 0 spiro atoms. The number of halogens is 1. The van der Waals surface area contributed by atoms with Gasteiger partial charge in [0.1, 0.15) is 0 Å². The zero-order valence-electron chi connectivity index (χ0n) is 16.7. The second-order valence-electron chi connectivity index (χ2n) is 7.71. The highest BCUT2D eigenvalue weighted by Crippen LogP contribution is 2.26. The van der Waals surface area contributed by atoms with Gasteiger partial charge in [-0.25, -0.2) is 0 Å². The average molecular weight is 412 g/mol. The number of benzene rings is 2. The minimum atomic E-state index is -0.118. The Kier molecular flexibility index (Phi) is 5.88. The van der Waals surface area contributed by atoms with Gasteiger partial charge < -0.3 is 10.2 Å². The molecule has 1 atom stereocenters. The topological polar surface area (TPSA) is 52.7 Å². The number of anilines is 2. The number of hydrogen-bond donors (Lipinski definition) is 1. The van der Waals surface area contributed by atoms with Crippen molar-refractivity contribution in [2.24, 2.45) is 0 Å². The largest absolute Gasteiger partial charge is 0.369 e. The first-order valence-corrected chi connectivity index (χ1v) is 10.6. The summed E-state index contributed by atoms with van der Waals surface area (Å²) in [4.78, 5) is 29.4. The van der Waals surface area contributed by atoms with E-state index in [9.17, 15) is 9.59 Å². The molecule has 152 valence electrons. The van der Waals surface area contributed by atoms with Gasteiger partial charge in [0.25, 0.3) is 0 Å². The molecule has 1 N–H and O–H groups in total. The van der Waals surface area contributed by atoms with Crippen LogP contribution in [0.5, 0.6) is 0 Å². The molecule has 4 rings (SSSR count). The fraction of sp³-hybridized carbons (Fsp3) is 0.391. The Morgan fingerprint density at radius 2 is 1.90 bits per heavy atom. The summed E-state index contributed by atoms with van der Waals surface area (Å²) in [6.45, 7) is 5.51. The summed E-state index contributed by atoms with van der Waals surface area (Å²) in [6, 6.07) is 13.5. The van der Waals surface area contributed by atoms with Gasteiger partial charge >= 0.3 is 0 Å². The smallest absolute Gasteiger partial charge is 0.224 e. The first kappa shape index (κ1) is 19.9. The number of rotatable bonds is 5. The molecule has 0 bridgehead atoms. The maximum atomic E-state index is 13.3. The van der Waals surface area contributed by atoms with Crippen LogP contribution in [0.2, 0.25) is 5.02 Å². The van der Waals surface area contributed by atoms with Crippen molar-refractivity contribution in [1.29, 1.82) is 0 Å². The molecule has 1 unspecified atom stereocenters. The molecule has 1 saturated heterocycles. The summed E-state index contributed by atoms with van der Waals surface area (Å²) >= 11 is 6.13. The van der Waals surface area contributed by atoms with Crippen molar-refractivity contribution in [3.8, 4) is 0 Å². The number of carbonyl (C=O) groups is 2. The van der Waals surface area contributed by atoms with E-state index in [1.807, 2.05) is 36.4 Å². The van der Waals surface area contributed by atoms with Gasteiger partial charge in [-0.05, 0) is 54.8 Å². The summed E-state index contributed by atoms with van der Waals surface area (Å²) in [5.41, 5.74) is 3.76. The molecule has 0 aromatic heterocycles. The standard InChI is InChI=1S/C23H26ClN3O2/c1-2-21(23(29)17-6-8-20-16(14-17)7-9-22(28)25-20)27-12-10-26(11-13-27)19-5-3-4-18(24)15-19/h3-6,8,14-15,21H,2,7,9-13H2,1H3,(H,25,28). The third kappa shape index (κ3) is 4.31. The van der Waals surface area contributed by atoms with Crippen LogP contribution in [0.15, 0.2) is 42.5 Å². The van der Waals surface area contributed by atoms with E-state index in [1.54, 1.807) is 0 Å². The lowest BCUT2D eigenvalue weighted by molar-refractivity contribution is -0.116. The Morgan fingerprint density at radius 1 is 1.10 bits per heavy atom. The number of fused-ring (bicyclic) bond motifs is 1. The molecule has 2 aliphatic heterocycles. The van der Waals surface area contributed by atoms with Crippen LogP contribution in [0.25, 0.3) is 0 Å². The lowest BCUT2D eigenvalue weighted by atomic mass is 9.95. The van der Waals surface area contributed by atoms with Gasteiger partial charge in [-0.3, -0.25) is 14.5 Å². The van der Waals surface area contributed by atoms with E-state index in [0.717, 1.165) is 60.1 Å². The van der Waals surface area contributed by atoms with Crippen molar-refractivity contribution in [1.82, 2.24) is 4.90 Å². The Labute approximate surface area is 176 Å². The fourth-order valence-electron chi connectivity index (χ4n) is 4.30. The van der Waals surface area contributed by atoms with Crippen LogP contribution in [0, 0.1) is 0 Å². The molecule has 1 amide bonds. The number of nitrogens with one attached hydrogen (secondary N) is 1. The summed E-state index contributed by atoms with van der Waals surface area (Å²) in [7, 11) is 0. The molecule has 5 nitrogen and oxygen atoms in total. The maximum Gasteiger partial charge on any atom is 0.224 e. The van der Waals surface area contributed by atoms with Crippen LogP contribution in [0.1, 0.15) is 35.7 Å². The van der Waals surface area contributed by atoms with E-state index in [0.29, 0.717) is 12.8 Å². The van der Waals surface area contributed by atoms with Gasteiger partial charge in [0.05, 0.1) is 6.04 Å². The quantitative estimate of drug-likeness (QED) is 0.755. The number of amides is 1. The summed E-state index contributed by atoms with van der Waals surface area (Å²) < 4.78 is 0. The van der Waals surface area contributed by atoms with Crippen LogP contribution in [-0.2, 0) is 11.2 Å². The molecule has 0 radical (unpaired) electrons. The number of hydrogen-bond acceptors (Lipinski definition) is 4. The summed E-state index contributed by atoms with van der Waals surface area (Å²) in [5, 5.41) is 3.63. The van der Waals surface area contributed by atoms with E-state index < -0.39 is 0 Å². The van der Waals surface area contributed by atoms with Crippen LogP contribution in [0.3, 0.4) is 0 Å². The number of carbonyl (C=O) groups excluding carboxylic acids is 2.